The molecule has 4 aromatic carbocycles. The van der Waals surface area contributed by atoms with Gasteiger partial charge in [0.15, 0.2) is 0 Å². The molecule has 4 aliphatic heterocycles. The Kier molecular flexibility index (Phi) is 30.9. The van der Waals surface area contributed by atoms with E-state index in [1.165, 1.54) is 250 Å². The number of unbranched alkanes of at least 4 members (excludes halogenated alkanes) is 32. The van der Waals surface area contributed by atoms with Crippen LogP contribution in [0.5, 0.6) is 46.0 Å². The van der Waals surface area contributed by atoms with Crippen LogP contribution in [-0.4, -0.2) is 27.2 Å². The fraction of sp³-hybridized carbons (Fsp3) is 0.700. The van der Waals surface area contributed by atoms with Crippen molar-refractivity contribution >= 4 is 47.8 Å². The number of benzene rings is 4. The van der Waals surface area contributed by atoms with Gasteiger partial charge in [0.1, 0.15) is 46.0 Å². The zero-order chi connectivity index (χ0) is 63.6. The molecule has 4 heterocycles. The number of halogens is 3. The predicted octanol–water partition coefficient (Wildman–Crippen LogP) is 26.1. The van der Waals surface area contributed by atoms with Crippen LogP contribution in [0.2, 0.25) is 0 Å². The van der Waals surface area contributed by atoms with E-state index in [-0.39, 0.29) is 50.8 Å². The largest absolute Gasteiger partial charge is 0.457 e. The molecule has 0 amide bonds. The van der Waals surface area contributed by atoms with E-state index in [1.807, 2.05) is 0 Å². The molecule has 0 N–H and O–H groups in total. The average molecular weight is 1450 g/mol. The van der Waals surface area contributed by atoms with Gasteiger partial charge in [-0.15, -0.1) is 0 Å². The third kappa shape index (κ3) is 18.6. The third-order valence-corrected chi connectivity index (χ3v) is 22.8. The van der Waals surface area contributed by atoms with Gasteiger partial charge in [-0.1, -0.05) is 307 Å². The number of hydrogen-bond acceptors (Lipinski definition) is 8. The summed E-state index contributed by atoms with van der Waals surface area (Å²) in [4.78, 5) is 0. The minimum atomic E-state index is -0.0400. The summed E-state index contributed by atoms with van der Waals surface area (Å²) in [5, 5.41) is 1.69. The zero-order valence-corrected chi connectivity index (χ0v) is 62.0. The van der Waals surface area contributed by atoms with Crippen molar-refractivity contribution < 1.29 is 37.9 Å². The molecule has 0 saturated carbocycles. The molecule has 0 spiro atoms. The highest BCUT2D eigenvalue weighted by molar-refractivity contribution is 9.09. The molecule has 0 fully saturated rings. The molecule has 9 rings (SSSR count). The van der Waals surface area contributed by atoms with Crippen LogP contribution in [0.25, 0.3) is 0 Å². The van der Waals surface area contributed by atoms with Crippen molar-refractivity contribution in [1.82, 2.24) is 0 Å². The van der Waals surface area contributed by atoms with Crippen molar-refractivity contribution in [2.45, 2.75) is 331 Å². The van der Waals surface area contributed by atoms with Crippen LogP contribution < -0.4 is 37.9 Å². The van der Waals surface area contributed by atoms with Gasteiger partial charge in [0.2, 0.25) is 27.2 Å². The molecule has 4 unspecified atom stereocenters. The first-order valence-electron chi connectivity index (χ1n) is 37.4. The van der Waals surface area contributed by atoms with Gasteiger partial charge in [0.05, 0.1) is 0 Å². The average Bonchev–Trinajstić information content (AvgIpc) is 0.769. The molecule has 4 aromatic rings. The van der Waals surface area contributed by atoms with E-state index in [0.717, 1.165) is 120 Å². The van der Waals surface area contributed by atoms with Gasteiger partial charge < -0.3 is 37.9 Å². The Bertz CT molecular complexity index is 2670. The Balaban J connectivity index is 1.27. The summed E-state index contributed by atoms with van der Waals surface area (Å²) in [6, 6.07) is 10.3. The van der Waals surface area contributed by atoms with Crippen LogP contribution >= 0.6 is 47.8 Å². The van der Waals surface area contributed by atoms with Crippen LogP contribution in [0.3, 0.4) is 0 Å². The predicted molar refractivity (Wildman–Crippen MR) is 388 cm³/mol. The van der Waals surface area contributed by atoms with E-state index in [9.17, 15) is 0 Å². The highest BCUT2D eigenvalue weighted by Crippen LogP contribution is 2.59. The molecule has 8 nitrogen and oxygen atoms in total. The number of rotatable bonds is 43. The highest BCUT2D eigenvalue weighted by Gasteiger charge is 2.41. The monoisotopic (exact) mass is 1440 g/mol. The molecule has 506 valence electrons. The lowest BCUT2D eigenvalue weighted by molar-refractivity contribution is 0.0954. The van der Waals surface area contributed by atoms with Crippen molar-refractivity contribution in [1.29, 1.82) is 0 Å². The summed E-state index contributed by atoms with van der Waals surface area (Å²) >= 11 is 12.3. The lowest BCUT2D eigenvalue weighted by Gasteiger charge is -2.37. The Morgan fingerprint density at radius 2 is 0.418 bits per heavy atom. The molecule has 0 aromatic heterocycles. The molecule has 1 aliphatic carbocycles. The Morgan fingerprint density at radius 1 is 0.253 bits per heavy atom. The summed E-state index contributed by atoms with van der Waals surface area (Å²) in [6.07, 6.45) is 49.6. The fourth-order valence-corrected chi connectivity index (χ4v) is 17.6. The second kappa shape index (κ2) is 39.1. The van der Waals surface area contributed by atoms with E-state index >= 15 is 0 Å². The summed E-state index contributed by atoms with van der Waals surface area (Å²) in [5.74, 6) is 6.90. The van der Waals surface area contributed by atoms with E-state index in [4.69, 9.17) is 37.9 Å². The van der Waals surface area contributed by atoms with Crippen molar-refractivity contribution in [2.75, 3.05) is 27.2 Å². The van der Waals surface area contributed by atoms with Crippen LogP contribution in [-0.2, 0) is 16.0 Å². The van der Waals surface area contributed by atoms with Gasteiger partial charge in [-0.25, -0.2) is 0 Å². The van der Waals surface area contributed by atoms with Crippen molar-refractivity contribution in [3.8, 4) is 46.0 Å². The van der Waals surface area contributed by atoms with Crippen molar-refractivity contribution in [2.24, 2.45) is 0 Å². The third-order valence-electron chi connectivity index (χ3n) is 21.1. The second-order valence-electron chi connectivity index (χ2n) is 27.6. The zero-order valence-electron chi connectivity index (χ0n) is 57.3. The number of ether oxygens (including phenoxy) is 8. The molecular formula is C80H117Br3O8. The van der Waals surface area contributed by atoms with Crippen LogP contribution in [0.4, 0.5) is 0 Å². The van der Waals surface area contributed by atoms with Gasteiger partial charge >= 0.3 is 0 Å². The molecule has 11 heteroatoms. The van der Waals surface area contributed by atoms with Crippen LogP contribution in [0.15, 0.2) is 24.3 Å². The summed E-state index contributed by atoms with van der Waals surface area (Å²) in [7, 11) is 0. The maximum absolute atomic E-state index is 7.13. The van der Waals surface area contributed by atoms with Crippen LogP contribution in [0.1, 0.15) is 375 Å². The first-order valence-corrected chi connectivity index (χ1v) is 40.7. The topological polar surface area (TPSA) is 73.8 Å². The number of hydrogen-bond donors (Lipinski definition) is 0. The van der Waals surface area contributed by atoms with Crippen LogP contribution in [0, 0.1) is 6.92 Å². The summed E-state index contributed by atoms with van der Waals surface area (Å²) in [5.41, 5.74) is 14.0. The standard InChI is InChI=1S/C80H117Br3O8/c1-6-10-14-18-22-26-30-34-38-42-58-62-46-63-59(43-39-35-31-27-23-19-15-11-7-2)65-48-67-61(45-41-37-33-29-25-21-17-13-9-4)69-49-68-60(44-40-36-32-28-24-20-16-12-8-3)66-47-64(58)75-70(50-81)77(66)88-55-90-79(68)72(52-83)80(69)91-56-89-78(67)71(51-82)76(65)87-54-85-74(63)57(5)73(62)84-53-86-75/h46-49,58-61H,6-45,50-56H2,1-5H3. The van der Waals surface area contributed by atoms with Gasteiger partial charge in [0, 0.05) is 106 Å². The number of alkyl halides is 3. The maximum Gasteiger partial charge on any atom is 0.230 e. The quantitative estimate of drug-likeness (QED) is 0.0321. The van der Waals surface area contributed by atoms with E-state index in [1.54, 1.807) is 0 Å². The highest BCUT2D eigenvalue weighted by atomic mass is 79.9. The Morgan fingerprint density at radius 3 is 0.604 bits per heavy atom. The minimum absolute atomic E-state index is 0.0286. The molecule has 8 bridgehead atoms. The van der Waals surface area contributed by atoms with E-state index in [0.29, 0.717) is 16.0 Å². The SMILES string of the molecule is CCCCCCCCCCCC1c2cc3c4c(C)c2OCOc2c1cc1c(c2CBr)OCOc2c(cc5c(c2CBr)OCOc2c(cc(c(c2CBr)OCO4)C3CCCCCCCCCCC)C5CCCCCCCCCCC)C1CCCCCCCCCCC. The summed E-state index contributed by atoms with van der Waals surface area (Å²) < 4.78 is 56.9. The molecular weight excluding hydrogens is 1330 g/mol. The van der Waals surface area contributed by atoms with Gasteiger partial charge in [-0.2, -0.15) is 0 Å². The molecule has 0 saturated heterocycles. The molecule has 5 aliphatic rings. The summed E-state index contributed by atoms with van der Waals surface area (Å²) in [6.45, 7) is 11.7. The van der Waals surface area contributed by atoms with Crippen molar-refractivity contribution in [3.63, 3.8) is 0 Å². The Labute approximate surface area is 577 Å². The maximum atomic E-state index is 7.13. The van der Waals surface area contributed by atoms with Gasteiger partial charge in [0.25, 0.3) is 0 Å². The first-order chi connectivity index (χ1) is 44.9. The minimum Gasteiger partial charge on any atom is -0.457 e. The lowest BCUT2D eigenvalue weighted by atomic mass is 9.74. The fourth-order valence-electron chi connectivity index (χ4n) is 16.1. The van der Waals surface area contributed by atoms with Crippen molar-refractivity contribution in [3.05, 3.63) is 91.0 Å². The molecule has 0 radical (unpaired) electrons. The molecule has 91 heavy (non-hydrogen) atoms. The van der Waals surface area contributed by atoms with Gasteiger partial charge in [-0.05, 0) is 56.9 Å². The molecule has 4 atom stereocenters. The van der Waals surface area contributed by atoms with E-state index in [2.05, 4.69) is 107 Å². The second-order valence-corrected chi connectivity index (χ2v) is 29.3. The normalized spacial score (nSPS) is 17.5. The Hall–Kier alpha value is -3.28. The van der Waals surface area contributed by atoms with E-state index < -0.39 is 0 Å². The smallest absolute Gasteiger partial charge is 0.230 e. The first kappa shape index (κ1) is 72.0. The lowest BCUT2D eigenvalue weighted by Crippen LogP contribution is -2.25. The van der Waals surface area contributed by atoms with Gasteiger partial charge in [-0.3, -0.25) is 0 Å².